The molecule has 2 nitrogen and oxygen atoms in total. The lowest BCUT2D eigenvalue weighted by Crippen LogP contribution is -2.42. The monoisotopic (exact) mass is 232 g/mol. The molecule has 0 heterocycles. The van der Waals surface area contributed by atoms with Crippen molar-refractivity contribution in [2.24, 2.45) is 5.73 Å². The third kappa shape index (κ3) is 2.81. The second-order valence-electron chi connectivity index (χ2n) is 5.47. The summed E-state index contributed by atoms with van der Waals surface area (Å²) in [6.07, 6.45) is 4.94. The fraction of sp³-hybridized carbons (Fsp3) is 0.600. The summed E-state index contributed by atoms with van der Waals surface area (Å²) in [5.74, 6) is 0. The zero-order valence-corrected chi connectivity index (χ0v) is 11.2. The average molecular weight is 232 g/mol. The van der Waals surface area contributed by atoms with Gasteiger partial charge in [0.1, 0.15) is 0 Å². The first-order valence-electron chi connectivity index (χ1n) is 6.68. The van der Waals surface area contributed by atoms with Crippen molar-refractivity contribution in [2.45, 2.75) is 58.5 Å². The number of benzene rings is 1. The van der Waals surface area contributed by atoms with E-state index in [0.717, 1.165) is 6.42 Å². The number of nitrogens with one attached hydrogen (secondary N) is 1. The third-order valence-electron chi connectivity index (χ3n) is 3.83. The summed E-state index contributed by atoms with van der Waals surface area (Å²) in [6, 6.07) is 5.24. The van der Waals surface area contributed by atoms with Gasteiger partial charge in [-0.2, -0.15) is 0 Å². The third-order valence-corrected chi connectivity index (χ3v) is 3.83. The van der Waals surface area contributed by atoms with Crippen molar-refractivity contribution in [3.8, 4) is 0 Å². The summed E-state index contributed by atoms with van der Waals surface area (Å²) in [4.78, 5) is 0. The number of hydrogen-bond donors (Lipinski definition) is 2. The van der Waals surface area contributed by atoms with Crippen LogP contribution in [-0.4, -0.2) is 12.1 Å². The topological polar surface area (TPSA) is 38.0 Å². The van der Waals surface area contributed by atoms with Crippen molar-refractivity contribution in [1.29, 1.82) is 0 Å². The molecule has 1 saturated carbocycles. The highest BCUT2D eigenvalue weighted by Crippen LogP contribution is 2.26. The molecule has 0 aromatic heterocycles. The average Bonchev–Trinajstić information content (AvgIpc) is 2.25. The standard InChI is InChI=1S/C15H24N2/c1-10-8-11(2)15(12(3)9-10)17-14-7-5-4-6-13(14)16/h8-9,13-14,17H,4-7,16H2,1-3H3. The van der Waals surface area contributed by atoms with E-state index in [2.05, 4.69) is 38.2 Å². The normalized spacial score (nSPS) is 24.7. The van der Waals surface area contributed by atoms with E-state index in [1.54, 1.807) is 0 Å². The largest absolute Gasteiger partial charge is 0.380 e. The molecule has 17 heavy (non-hydrogen) atoms. The molecule has 1 fully saturated rings. The van der Waals surface area contributed by atoms with Crippen molar-refractivity contribution >= 4 is 5.69 Å². The van der Waals surface area contributed by atoms with Crippen molar-refractivity contribution in [3.05, 3.63) is 28.8 Å². The molecule has 2 atom stereocenters. The van der Waals surface area contributed by atoms with E-state index in [0.29, 0.717) is 12.1 Å². The maximum atomic E-state index is 6.19. The van der Waals surface area contributed by atoms with Crippen LogP contribution >= 0.6 is 0 Å². The Morgan fingerprint density at radius 1 is 1.06 bits per heavy atom. The van der Waals surface area contributed by atoms with Gasteiger partial charge < -0.3 is 11.1 Å². The molecule has 0 aliphatic heterocycles. The maximum Gasteiger partial charge on any atom is 0.0412 e. The first-order valence-corrected chi connectivity index (χ1v) is 6.68. The number of rotatable bonds is 2. The highest BCUT2D eigenvalue weighted by molar-refractivity contribution is 5.58. The lowest BCUT2D eigenvalue weighted by Gasteiger charge is -2.31. The minimum atomic E-state index is 0.309. The minimum absolute atomic E-state index is 0.309. The molecule has 94 valence electrons. The van der Waals surface area contributed by atoms with E-state index in [4.69, 9.17) is 5.73 Å². The van der Waals surface area contributed by atoms with Gasteiger partial charge >= 0.3 is 0 Å². The van der Waals surface area contributed by atoms with Gasteiger partial charge in [0.25, 0.3) is 0 Å². The summed E-state index contributed by atoms with van der Waals surface area (Å²) in [5.41, 5.74) is 11.5. The quantitative estimate of drug-likeness (QED) is 0.821. The van der Waals surface area contributed by atoms with Crippen molar-refractivity contribution in [3.63, 3.8) is 0 Å². The lowest BCUT2D eigenvalue weighted by molar-refractivity contribution is 0.404. The molecule has 0 bridgehead atoms. The van der Waals surface area contributed by atoms with Gasteiger partial charge in [-0.1, -0.05) is 30.5 Å². The van der Waals surface area contributed by atoms with Gasteiger partial charge in [0.15, 0.2) is 0 Å². The Bertz CT molecular complexity index is 375. The van der Waals surface area contributed by atoms with Gasteiger partial charge in [0, 0.05) is 17.8 Å². The Balaban J connectivity index is 2.17. The summed E-state index contributed by atoms with van der Waals surface area (Å²) in [5, 5.41) is 3.67. The van der Waals surface area contributed by atoms with Crippen molar-refractivity contribution < 1.29 is 0 Å². The Kier molecular flexibility index (Phi) is 3.72. The van der Waals surface area contributed by atoms with Gasteiger partial charge in [-0.3, -0.25) is 0 Å². The summed E-state index contributed by atoms with van der Waals surface area (Å²) < 4.78 is 0. The van der Waals surface area contributed by atoms with Crippen molar-refractivity contribution in [2.75, 3.05) is 5.32 Å². The van der Waals surface area contributed by atoms with Crippen LogP contribution in [-0.2, 0) is 0 Å². The number of nitrogens with two attached hydrogens (primary N) is 1. The van der Waals surface area contributed by atoms with E-state index in [1.807, 2.05) is 0 Å². The first kappa shape index (κ1) is 12.4. The van der Waals surface area contributed by atoms with Crippen molar-refractivity contribution in [1.82, 2.24) is 0 Å². The van der Waals surface area contributed by atoms with Gasteiger partial charge in [-0.15, -0.1) is 0 Å². The first-order chi connectivity index (χ1) is 8.08. The molecule has 1 aliphatic carbocycles. The van der Waals surface area contributed by atoms with Crippen LogP contribution in [0.25, 0.3) is 0 Å². The van der Waals surface area contributed by atoms with Crippen LogP contribution in [0.1, 0.15) is 42.4 Å². The molecule has 0 amide bonds. The second-order valence-corrected chi connectivity index (χ2v) is 5.47. The number of aryl methyl sites for hydroxylation is 3. The predicted molar refractivity (Wildman–Crippen MR) is 74.5 cm³/mol. The Morgan fingerprint density at radius 3 is 2.24 bits per heavy atom. The molecule has 0 saturated heterocycles. The fourth-order valence-corrected chi connectivity index (χ4v) is 2.93. The van der Waals surface area contributed by atoms with E-state index in [9.17, 15) is 0 Å². The van der Waals surface area contributed by atoms with Gasteiger partial charge in [-0.05, 0) is 44.7 Å². The van der Waals surface area contributed by atoms with E-state index in [-0.39, 0.29) is 0 Å². The molecular formula is C15H24N2. The minimum Gasteiger partial charge on any atom is -0.380 e. The smallest absolute Gasteiger partial charge is 0.0412 e. The molecule has 0 spiro atoms. The maximum absolute atomic E-state index is 6.19. The van der Waals surface area contributed by atoms with Gasteiger partial charge in [0.05, 0.1) is 0 Å². The predicted octanol–water partition coefficient (Wildman–Crippen LogP) is 3.29. The summed E-state index contributed by atoms with van der Waals surface area (Å²) in [7, 11) is 0. The van der Waals surface area contributed by atoms with Crippen LogP contribution in [0.2, 0.25) is 0 Å². The van der Waals surface area contributed by atoms with Crippen LogP contribution in [0.3, 0.4) is 0 Å². The van der Waals surface area contributed by atoms with E-state index in [1.165, 1.54) is 41.6 Å². The molecule has 1 aromatic rings. The SMILES string of the molecule is Cc1cc(C)c(NC2CCCCC2N)c(C)c1. The number of anilines is 1. The summed E-state index contributed by atoms with van der Waals surface area (Å²) in [6.45, 7) is 6.50. The molecule has 1 aromatic carbocycles. The van der Waals surface area contributed by atoms with E-state index >= 15 is 0 Å². The number of hydrogen-bond acceptors (Lipinski definition) is 2. The van der Waals surface area contributed by atoms with Crippen LogP contribution in [0.15, 0.2) is 12.1 Å². The Hall–Kier alpha value is -1.02. The second kappa shape index (κ2) is 5.09. The zero-order valence-electron chi connectivity index (χ0n) is 11.2. The molecule has 1 aliphatic rings. The fourth-order valence-electron chi connectivity index (χ4n) is 2.93. The van der Waals surface area contributed by atoms with Crippen LogP contribution in [0.5, 0.6) is 0 Å². The van der Waals surface area contributed by atoms with Gasteiger partial charge in [-0.25, -0.2) is 0 Å². The summed E-state index contributed by atoms with van der Waals surface area (Å²) >= 11 is 0. The van der Waals surface area contributed by atoms with Crippen LogP contribution in [0, 0.1) is 20.8 Å². The highest BCUT2D eigenvalue weighted by Gasteiger charge is 2.22. The molecule has 3 N–H and O–H groups in total. The molecule has 2 unspecified atom stereocenters. The molecule has 2 heteroatoms. The van der Waals surface area contributed by atoms with Gasteiger partial charge in [0.2, 0.25) is 0 Å². The molecule has 0 radical (unpaired) electrons. The molecular weight excluding hydrogens is 208 g/mol. The lowest BCUT2D eigenvalue weighted by atomic mass is 9.90. The van der Waals surface area contributed by atoms with Crippen LogP contribution in [0.4, 0.5) is 5.69 Å². The van der Waals surface area contributed by atoms with Crippen LogP contribution < -0.4 is 11.1 Å². The molecule has 2 rings (SSSR count). The highest BCUT2D eigenvalue weighted by atomic mass is 15.0. The Morgan fingerprint density at radius 2 is 1.65 bits per heavy atom. The van der Waals surface area contributed by atoms with E-state index < -0.39 is 0 Å². The zero-order chi connectivity index (χ0) is 12.4. The Labute approximate surface area is 105 Å².